The van der Waals surface area contributed by atoms with E-state index >= 15 is 0 Å². The van der Waals surface area contributed by atoms with E-state index < -0.39 is 9.84 Å². The highest BCUT2D eigenvalue weighted by Crippen LogP contribution is 2.03. The summed E-state index contributed by atoms with van der Waals surface area (Å²) >= 11 is 0. The zero-order chi connectivity index (χ0) is 9.90. The number of sulfone groups is 1. The minimum atomic E-state index is -2.92. The monoisotopic (exact) mass is 207 g/mol. The minimum Gasteiger partial charge on any atom is -0.375 e. The third kappa shape index (κ3) is 3.25. The fourth-order valence-electron chi connectivity index (χ4n) is 0.947. The maximum absolute atomic E-state index is 11.3. The van der Waals surface area contributed by atoms with Gasteiger partial charge < -0.3 is 10.1 Å². The van der Waals surface area contributed by atoms with Crippen molar-refractivity contribution in [1.82, 2.24) is 5.32 Å². The quantitative estimate of drug-likeness (QED) is 0.678. The Morgan fingerprint density at radius 2 is 2.08 bits per heavy atom. The van der Waals surface area contributed by atoms with Crippen LogP contribution in [-0.2, 0) is 14.6 Å². The van der Waals surface area contributed by atoms with Crippen LogP contribution in [-0.4, -0.2) is 45.2 Å². The summed E-state index contributed by atoms with van der Waals surface area (Å²) in [5.41, 5.74) is 0. The predicted octanol–water partition coefficient (Wildman–Crippen LogP) is -0.202. The summed E-state index contributed by atoms with van der Waals surface area (Å²) in [5, 5.41) is 2.76. The second-order valence-electron chi connectivity index (χ2n) is 3.57. The zero-order valence-electron chi connectivity index (χ0n) is 8.12. The van der Waals surface area contributed by atoms with Crippen LogP contribution in [0.5, 0.6) is 0 Å². The van der Waals surface area contributed by atoms with Crippen molar-refractivity contribution in [2.75, 3.05) is 25.4 Å². The van der Waals surface area contributed by atoms with Crippen molar-refractivity contribution in [2.24, 2.45) is 0 Å². The smallest absolute Gasteiger partial charge is 0.154 e. The number of hydrogen-bond acceptors (Lipinski definition) is 4. The van der Waals surface area contributed by atoms with Crippen LogP contribution >= 0.6 is 0 Å². The molecule has 0 atom stereocenters. The summed E-state index contributed by atoms with van der Waals surface area (Å²) in [6, 6.07) is 0. The highest BCUT2D eigenvalue weighted by atomic mass is 32.2. The Balaban J connectivity index is 2.17. The molecule has 0 aromatic carbocycles. The second-order valence-corrected chi connectivity index (χ2v) is 6.24. The summed E-state index contributed by atoms with van der Waals surface area (Å²) in [6.07, 6.45) is 0.224. The summed E-state index contributed by atoms with van der Waals surface area (Å²) < 4.78 is 28.0. The van der Waals surface area contributed by atoms with Gasteiger partial charge in [-0.15, -0.1) is 0 Å². The number of ether oxygens (including phenoxy) is 1. The molecule has 0 radical (unpaired) electrons. The fraction of sp³-hybridized carbons (Fsp3) is 1.00. The lowest BCUT2D eigenvalue weighted by molar-refractivity contribution is 0.0280. The highest BCUT2D eigenvalue weighted by molar-refractivity contribution is 7.91. The second kappa shape index (κ2) is 4.39. The molecule has 1 N–H and O–H groups in total. The van der Waals surface area contributed by atoms with E-state index in [9.17, 15) is 8.42 Å². The van der Waals surface area contributed by atoms with Gasteiger partial charge in [0.2, 0.25) is 0 Å². The zero-order valence-corrected chi connectivity index (χ0v) is 8.93. The lowest BCUT2D eigenvalue weighted by Crippen LogP contribution is -2.49. The highest BCUT2D eigenvalue weighted by Gasteiger charge is 2.20. The van der Waals surface area contributed by atoms with Gasteiger partial charge in [0.15, 0.2) is 9.84 Å². The van der Waals surface area contributed by atoms with Gasteiger partial charge in [0.1, 0.15) is 0 Å². The van der Waals surface area contributed by atoms with Crippen molar-refractivity contribution in [1.29, 1.82) is 0 Å². The molecule has 0 amide bonds. The molecular weight excluding hydrogens is 190 g/mol. The third-order valence-electron chi connectivity index (χ3n) is 2.18. The molecule has 0 bridgehead atoms. The van der Waals surface area contributed by atoms with Gasteiger partial charge in [0.05, 0.1) is 23.7 Å². The Hall–Kier alpha value is -0.130. The maximum Gasteiger partial charge on any atom is 0.154 e. The van der Waals surface area contributed by atoms with Gasteiger partial charge in [-0.3, -0.25) is 0 Å². The Labute approximate surface area is 79.6 Å². The van der Waals surface area contributed by atoms with Crippen molar-refractivity contribution in [3.8, 4) is 0 Å². The first kappa shape index (κ1) is 10.9. The molecule has 0 aromatic rings. The first-order valence-electron chi connectivity index (χ1n) is 4.56. The molecule has 0 unspecified atom stereocenters. The standard InChI is InChI=1S/C8H17NO3S/c1-7(2)13(10,11)4-3-12-8-5-9-6-8/h7-9H,3-6H2,1-2H3. The average molecular weight is 207 g/mol. The van der Waals surface area contributed by atoms with E-state index in [1.165, 1.54) is 0 Å². The number of nitrogens with one attached hydrogen (secondary N) is 1. The molecule has 13 heavy (non-hydrogen) atoms. The molecule has 1 heterocycles. The van der Waals surface area contributed by atoms with Gasteiger partial charge >= 0.3 is 0 Å². The molecule has 0 saturated carbocycles. The Morgan fingerprint density at radius 3 is 2.46 bits per heavy atom. The van der Waals surface area contributed by atoms with Gasteiger partial charge in [-0.25, -0.2) is 8.42 Å². The molecule has 4 nitrogen and oxygen atoms in total. The van der Waals surface area contributed by atoms with Crippen LogP contribution in [0.3, 0.4) is 0 Å². The van der Waals surface area contributed by atoms with Gasteiger partial charge in [-0.1, -0.05) is 0 Å². The molecule has 5 heteroatoms. The molecule has 1 fully saturated rings. The molecule has 0 aliphatic carbocycles. The van der Waals surface area contributed by atoms with E-state index in [0.29, 0.717) is 6.61 Å². The van der Waals surface area contributed by atoms with E-state index in [0.717, 1.165) is 13.1 Å². The first-order chi connectivity index (χ1) is 6.02. The molecule has 1 rings (SSSR count). The van der Waals surface area contributed by atoms with E-state index in [1.54, 1.807) is 13.8 Å². The average Bonchev–Trinajstić information content (AvgIpc) is 1.94. The molecule has 1 aliphatic rings. The largest absolute Gasteiger partial charge is 0.375 e. The normalized spacial score (nSPS) is 19.0. The van der Waals surface area contributed by atoms with Crippen molar-refractivity contribution in [2.45, 2.75) is 25.2 Å². The SMILES string of the molecule is CC(C)S(=O)(=O)CCOC1CNC1. The van der Waals surface area contributed by atoms with Gasteiger partial charge in [0.25, 0.3) is 0 Å². The summed E-state index contributed by atoms with van der Waals surface area (Å²) in [5.74, 6) is 0.140. The van der Waals surface area contributed by atoms with Crippen molar-refractivity contribution >= 4 is 9.84 Å². The first-order valence-corrected chi connectivity index (χ1v) is 6.28. The lowest BCUT2D eigenvalue weighted by Gasteiger charge is -2.27. The van der Waals surface area contributed by atoms with Gasteiger partial charge in [-0.05, 0) is 13.8 Å². The Morgan fingerprint density at radius 1 is 1.46 bits per heavy atom. The van der Waals surface area contributed by atoms with Crippen LogP contribution in [0.15, 0.2) is 0 Å². The van der Waals surface area contributed by atoms with Gasteiger partial charge in [0, 0.05) is 13.1 Å². The van der Waals surface area contributed by atoms with Crippen LogP contribution in [0.2, 0.25) is 0 Å². The molecule has 1 saturated heterocycles. The van der Waals surface area contributed by atoms with Crippen LogP contribution in [0, 0.1) is 0 Å². The van der Waals surface area contributed by atoms with E-state index in [4.69, 9.17) is 4.74 Å². The molecule has 78 valence electrons. The predicted molar refractivity (Wildman–Crippen MR) is 51.5 cm³/mol. The summed E-state index contributed by atoms with van der Waals surface area (Å²) in [4.78, 5) is 0. The molecule has 0 aromatic heterocycles. The molecule has 1 aliphatic heterocycles. The topological polar surface area (TPSA) is 55.4 Å². The summed E-state index contributed by atoms with van der Waals surface area (Å²) in [6.45, 7) is 5.41. The fourth-order valence-corrected chi connectivity index (χ4v) is 1.75. The van der Waals surface area contributed by atoms with Crippen LogP contribution in [0.1, 0.15) is 13.8 Å². The number of rotatable bonds is 5. The Bertz CT molecular complexity index is 244. The van der Waals surface area contributed by atoms with Gasteiger partial charge in [-0.2, -0.15) is 0 Å². The third-order valence-corrected chi connectivity index (χ3v) is 4.36. The van der Waals surface area contributed by atoms with Crippen molar-refractivity contribution < 1.29 is 13.2 Å². The molecule has 0 spiro atoms. The molecular formula is C8H17NO3S. The summed E-state index contributed by atoms with van der Waals surface area (Å²) in [7, 11) is -2.92. The lowest BCUT2D eigenvalue weighted by atomic mass is 10.2. The van der Waals surface area contributed by atoms with Crippen LogP contribution in [0.4, 0.5) is 0 Å². The van der Waals surface area contributed by atoms with E-state index in [1.807, 2.05) is 0 Å². The van der Waals surface area contributed by atoms with Crippen LogP contribution in [0.25, 0.3) is 0 Å². The van der Waals surface area contributed by atoms with Crippen LogP contribution < -0.4 is 5.32 Å². The van der Waals surface area contributed by atoms with E-state index in [2.05, 4.69) is 5.32 Å². The van der Waals surface area contributed by atoms with Crippen molar-refractivity contribution in [3.63, 3.8) is 0 Å². The Kier molecular flexibility index (Phi) is 3.70. The van der Waals surface area contributed by atoms with Crippen molar-refractivity contribution in [3.05, 3.63) is 0 Å². The number of hydrogen-bond donors (Lipinski definition) is 1. The minimum absolute atomic E-state index is 0.140. The maximum atomic E-state index is 11.3. The van der Waals surface area contributed by atoms with E-state index in [-0.39, 0.29) is 17.1 Å².